The van der Waals surface area contributed by atoms with Gasteiger partial charge in [-0.1, -0.05) is 0 Å². The molecule has 0 aromatic carbocycles. The minimum atomic E-state index is -0.114. The van der Waals surface area contributed by atoms with Crippen molar-refractivity contribution in [3.8, 4) is 0 Å². The molecule has 0 radical (unpaired) electrons. The van der Waals surface area contributed by atoms with Crippen LogP contribution in [0.2, 0.25) is 0 Å². The Kier molecular flexibility index (Phi) is 2.95. The van der Waals surface area contributed by atoms with Gasteiger partial charge in [-0.15, -0.1) is 0 Å². The van der Waals surface area contributed by atoms with Gasteiger partial charge >= 0.3 is 0 Å². The Hall–Kier alpha value is -2.10. The predicted molar refractivity (Wildman–Crippen MR) is 67.1 cm³/mol. The van der Waals surface area contributed by atoms with Gasteiger partial charge in [-0.05, 0) is 38.1 Å². The first kappa shape index (κ1) is 11.4. The Morgan fingerprint density at radius 3 is 2.65 bits per heavy atom. The molecule has 2 rings (SSSR count). The first-order valence-electron chi connectivity index (χ1n) is 5.45. The van der Waals surface area contributed by atoms with Crippen molar-refractivity contribution in [1.29, 1.82) is 0 Å². The normalized spacial score (nSPS) is 10.3. The average Bonchev–Trinajstić information content (AvgIpc) is 2.63. The summed E-state index contributed by atoms with van der Waals surface area (Å²) >= 11 is 0. The molecule has 17 heavy (non-hydrogen) atoms. The molecular weight excluding hydrogens is 214 g/mol. The highest BCUT2D eigenvalue weighted by atomic mass is 16.1. The molecule has 4 heteroatoms. The van der Waals surface area contributed by atoms with Crippen molar-refractivity contribution in [2.45, 2.75) is 13.8 Å². The van der Waals surface area contributed by atoms with E-state index in [0.717, 1.165) is 17.1 Å². The van der Waals surface area contributed by atoms with E-state index in [1.165, 1.54) is 0 Å². The number of nitrogens with zero attached hydrogens (tertiary/aromatic N) is 2. The van der Waals surface area contributed by atoms with Crippen LogP contribution in [0, 0.1) is 13.8 Å². The second-order valence-corrected chi connectivity index (χ2v) is 4.01. The molecule has 0 atom stereocenters. The van der Waals surface area contributed by atoms with Crippen molar-refractivity contribution in [2.75, 3.05) is 5.32 Å². The molecule has 0 spiro atoms. The fourth-order valence-corrected chi connectivity index (χ4v) is 1.64. The summed E-state index contributed by atoms with van der Waals surface area (Å²) in [5.74, 6) is -0.114. The van der Waals surface area contributed by atoms with Gasteiger partial charge in [0.05, 0.1) is 11.4 Å². The summed E-state index contributed by atoms with van der Waals surface area (Å²) in [5.41, 5.74) is 3.26. The van der Waals surface area contributed by atoms with Crippen LogP contribution in [0.3, 0.4) is 0 Å². The van der Waals surface area contributed by atoms with Gasteiger partial charge in [-0.2, -0.15) is 0 Å². The Balaban J connectivity index is 2.23. The maximum atomic E-state index is 12.0. The number of pyridine rings is 1. The molecule has 2 heterocycles. The van der Waals surface area contributed by atoms with Gasteiger partial charge < -0.3 is 9.88 Å². The third kappa shape index (κ3) is 2.20. The van der Waals surface area contributed by atoms with Crippen molar-refractivity contribution in [2.24, 2.45) is 7.05 Å². The number of anilines is 1. The SMILES string of the molecule is Cc1ncccc1NC(=O)c1ccc(C)n1C. The minimum absolute atomic E-state index is 0.114. The van der Waals surface area contributed by atoms with Crippen molar-refractivity contribution in [1.82, 2.24) is 9.55 Å². The summed E-state index contributed by atoms with van der Waals surface area (Å²) in [6.45, 7) is 3.83. The van der Waals surface area contributed by atoms with Crippen LogP contribution in [0.25, 0.3) is 0 Å². The van der Waals surface area contributed by atoms with E-state index in [0.29, 0.717) is 5.69 Å². The molecule has 2 aromatic heterocycles. The lowest BCUT2D eigenvalue weighted by atomic mass is 10.3. The molecule has 0 saturated carbocycles. The van der Waals surface area contributed by atoms with Gasteiger partial charge in [0.1, 0.15) is 5.69 Å². The first-order valence-corrected chi connectivity index (χ1v) is 5.45. The number of nitrogens with one attached hydrogen (secondary N) is 1. The highest BCUT2D eigenvalue weighted by Crippen LogP contribution is 2.13. The van der Waals surface area contributed by atoms with Crippen LogP contribution in [0.5, 0.6) is 0 Å². The van der Waals surface area contributed by atoms with Gasteiger partial charge in [0.25, 0.3) is 5.91 Å². The smallest absolute Gasteiger partial charge is 0.272 e. The van der Waals surface area contributed by atoms with Crippen LogP contribution in [0.15, 0.2) is 30.5 Å². The van der Waals surface area contributed by atoms with Crippen LogP contribution in [-0.2, 0) is 7.05 Å². The predicted octanol–water partition coefficient (Wildman–Crippen LogP) is 2.29. The van der Waals surface area contributed by atoms with Gasteiger partial charge in [0.2, 0.25) is 0 Å². The number of hydrogen-bond acceptors (Lipinski definition) is 2. The van der Waals surface area contributed by atoms with Crippen LogP contribution in [0.1, 0.15) is 21.9 Å². The zero-order valence-electron chi connectivity index (χ0n) is 10.2. The average molecular weight is 229 g/mol. The Bertz CT molecular complexity index is 558. The van der Waals surface area contributed by atoms with Crippen LogP contribution in [0.4, 0.5) is 5.69 Å². The summed E-state index contributed by atoms with van der Waals surface area (Å²) in [5, 5.41) is 2.86. The summed E-state index contributed by atoms with van der Waals surface area (Å²) in [4.78, 5) is 16.2. The number of aryl methyl sites for hydroxylation is 2. The fraction of sp³-hybridized carbons (Fsp3) is 0.231. The Labute approximate surface area is 100 Å². The van der Waals surface area contributed by atoms with E-state index < -0.39 is 0 Å². The second-order valence-electron chi connectivity index (χ2n) is 4.01. The minimum Gasteiger partial charge on any atom is -0.344 e. The largest absolute Gasteiger partial charge is 0.344 e. The number of amides is 1. The number of carbonyl (C=O) groups excluding carboxylic acids is 1. The van der Waals surface area contributed by atoms with Crippen molar-refractivity contribution in [3.63, 3.8) is 0 Å². The Morgan fingerprint density at radius 2 is 2.06 bits per heavy atom. The zero-order chi connectivity index (χ0) is 12.4. The summed E-state index contributed by atoms with van der Waals surface area (Å²) in [6, 6.07) is 7.39. The highest BCUT2D eigenvalue weighted by Gasteiger charge is 2.11. The van der Waals surface area contributed by atoms with Gasteiger partial charge in [0, 0.05) is 18.9 Å². The number of aromatic nitrogens is 2. The van der Waals surface area contributed by atoms with E-state index in [2.05, 4.69) is 10.3 Å². The van der Waals surface area contributed by atoms with E-state index in [4.69, 9.17) is 0 Å². The van der Waals surface area contributed by atoms with Crippen molar-refractivity contribution >= 4 is 11.6 Å². The number of carbonyl (C=O) groups is 1. The standard InChI is InChI=1S/C13H15N3O/c1-9-6-7-12(16(9)3)13(17)15-11-5-4-8-14-10(11)2/h4-8H,1-3H3,(H,15,17). The molecule has 0 aliphatic heterocycles. The lowest BCUT2D eigenvalue weighted by Crippen LogP contribution is -2.16. The molecule has 0 fully saturated rings. The Morgan fingerprint density at radius 1 is 1.29 bits per heavy atom. The van der Waals surface area contributed by atoms with Gasteiger partial charge in [-0.3, -0.25) is 9.78 Å². The van der Waals surface area contributed by atoms with E-state index in [1.54, 1.807) is 12.3 Å². The molecule has 0 unspecified atom stereocenters. The van der Waals surface area contributed by atoms with E-state index in [1.807, 2.05) is 43.7 Å². The molecule has 88 valence electrons. The van der Waals surface area contributed by atoms with Crippen LogP contribution < -0.4 is 5.32 Å². The van der Waals surface area contributed by atoms with Crippen molar-refractivity contribution < 1.29 is 4.79 Å². The molecular formula is C13H15N3O. The first-order chi connectivity index (χ1) is 8.09. The lowest BCUT2D eigenvalue weighted by Gasteiger charge is -2.08. The summed E-state index contributed by atoms with van der Waals surface area (Å²) in [7, 11) is 1.88. The molecule has 4 nitrogen and oxygen atoms in total. The van der Waals surface area contributed by atoms with Crippen LogP contribution in [-0.4, -0.2) is 15.5 Å². The molecule has 1 N–H and O–H groups in total. The monoisotopic (exact) mass is 229 g/mol. The summed E-state index contributed by atoms with van der Waals surface area (Å²) < 4.78 is 1.86. The lowest BCUT2D eigenvalue weighted by molar-refractivity contribution is 0.101. The fourth-order valence-electron chi connectivity index (χ4n) is 1.64. The second kappa shape index (κ2) is 4.41. The van der Waals surface area contributed by atoms with E-state index >= 15 is 0 Å². The maximum absolute atomic E-state index is 12.0. The molecule has 0 bridgehead atoms. The number of rotatable bonds is 2. The quantitative estimate of drug-likeness (QED) is 0.858. The van der Waals surface area contributed by atoms with Gasteiger partial charge in [-0.25, -0.2) is 0 Å². The molecule has 0 aliphatic carbocycles. The molecule has 1 amide bonds. The van der Waals surface area contributed by atoms with Gasteiger partial charge in [0.15, 0.2) is 0 Å². The highest BCUT2D eigenvalue weighted by molar-refractivity contribution is 6.03. The van der Waals surface area contributed by atoms with Crippen molar-refractivity contribution in [3.05, 3.63) is 47.5 Å². The third-order valence-electron chi connectivity index (χ3n) is 2.86. The molecule has 0 saturated heterocycles. The maximum Gasteiger partial charge on any atom is 0.272 e. The molecule has 0 aliphatic rings. The topological polar surface area (TPSA) is 46.9 Å². The van der Waals surface area contributed by atoms with Crippen LogP contribution >= 0.6 is 0 Å². The van der Waals surface area contributed by atoms with E-state index in [-0.39, 0.29) is 5.91 Å². The number of hydrogen-bond donors (Lipinski definition) is 1. The molecule has 2 aromatic rings. The zero-order valence-corrected chi connectivity index (χ0v) is 10.2. The third-order valence-corrected chi connectivity index (χ3v) is 2.86. The van der Waals surface area contributed by atoms with E-state index in [9.17, 15) is 4.79 Å². The summed E-state index contributed by atoms with van der Waals surface area (Å²) in [6.07, 6.45) is 1.71.